The molecule has 0 amide bonds. The molecule has 1 aromatic carbocycles. The Hall–Kier alpha value is -2.23. The van der Waals surface area contributed by atoms with Gasteiger partial charge in [0.05, 0.1) is 0 Å². The van der Waals surface area contributed by atoms with E-state index in [1.54, 1.807) is 0 Å². The van der Waals surface area contributed by atoms with Crippen molar-refractivity contribution in [2.24, 2.45) is 0 Å². The van der Waals surface area contributed by atoms with Crippen molar-refractivity contribution in [3.63, 3.8) is 0 Å². The number of hydrogen-bond donors (Lipinski definition) is 1. The van der Waals surface area contributed by atoms with Crippen molar-refractivity contribution in [2.45, 2.75) is 19.9 Å². The zero-order valence-electron chi connectivity index (χ0n) is 12.4. The lowest BCUT2D eigenvalue weighted by Gasteiger charge is -2.12. The van der Waals surface area contributed by atoms with Crippen molar-refractivity contribution in [2.75, 3.05) is 24.7 Å². The van der Waals surface area contributed by atoms with E-state index in [-0.39, 0.29) is 0 Å². The molecule has 0 unspecified atom stereocenters. The van der Waals surface area contributed by atoms with Crippen molar-refractivity contribution < 1.29 is 0 Å². The van der Waals surface area contributed by atoms with Gasteiger partial charge in [-0.25, -0.2) is 4.98 Å². The van der Waals surface area contributed by atoms with E-state index in [1.165, 1.54) is 0 Å². The largest absolute Gasteiger partial charge is 0.383 e. The number of nitrogens with two attached hydrogens (primary N) is 1. The van der Waals surface area contributed by atoms with Crippen molar-refractivity contribution in [3.8, 4) is 11.3 Å². The molecule has 1 heterocycles. The zero-order valence-corrected chi connectivity index (χ0v) is 12.4. The van der Waals surface area contributed by atoms with Crippen molar-refractivity contribution in [1.29, 1.82) is 0 Å². The summed E-state index contributed by atoms with van der Waals surface area (Å²) in [5, 5.41) is 0. The van der Waals surface area contributed by atoms with Crippen LogP contribution >= 0.6 is 0 Å². The van der Waals surface area contributed by atoms with Crippen LogP contribution in [0.15, 0.2) is 36.9 Å². The average molecular weight is 270 g/mol. The van der Waals surface area contributed by atoms with E-state index in [4.69, 9.17) is 5.73 Å². The molecule has 2 rings (SSSR count). The number of benzene rings is 1. The third kappa shape index (κ3) is 2.54. The molecule has 20 heavy (non-hydrogen) atoms. The lowest BCUT2D eigenvalue weighted by molar-refractivity contribution is 0.757. The Bertz CT molecular complexity index is 594. The van der Waals surface area contributed by atoms with E-state index in [1.807, 2.05) is 24.7 Å². The highest BCUT2D eigenvalue weighted by Gasteiger charge is 2.14. The van der Waals surface area contributed by atoms with E-state index < -0.39 is 0 Å². The third-order valence-electron chi connectivity index (χ3n) is 3.37. The number of allylic oxidation sites excluding steroid dienone is 1. The van der Waals surface area contributed by atoms with Crippen LogP contribution in [0, 0.1) is 0 Å². The highest BCUT2D eigenvalue weighted by Crippen LogP contribution is 2.28. The van der Waals surface area contributed by atoms with E-state index >= 15 is 0 Å². The maximum Gasteiger partial charge on any atom is 0.132 e. The maximum atomic E-state index is 6.24. The number of nitrogens with zero attached hydrogens (tertiary/aromatic N) is 3. The second kappa shape index (κ2) is 5.82. The Labute approximate surface area is 120 Å². The summed E-state index contributed by atoms with van der Waals surface area (Å²) in [6, 6.07) is 8.28. The Morgan fingerprint density at radius 2 is 1.95 bits per heavy atom. The molecule has 0 aliphatic rings. The normalized spacial score (nSPS) is 10.6. The van der Waals surface area contributed by atoms with Gasteiger partial charge >= 0.3 is 0 Å². The molecule has 106 valence electrons. The van der Waals surface area contributed by atoms with E-state index in [0.29, 0.717) is 12.4 Å². The minimum absolute atomic E-state index is 0.692. The zero-order chi connectivity index (χ0) is 14.7. The second-order valence-corrected chi connectivity index (χ2v) is 4.96. The van der Waals surface area contributed by atoms with Crippen LogP contribution in [-0.2, 0) is 13.0 Å². The molecule has 0 radical (unpaired) electrons. The molecule has 0 spiro atoms. The third-order valence-corrected chi connectivity index (χ3v) is 3.37. The fourth-order valence-corrected chi connectivity index (χ4v) is 2.25. The van der Waals surface area contributed by atoms with Crippen LogP contribution in [0.2, 0.25) is 0 Å². The first-order valence-corrected chi connectivity index (χ1v) is 6.82. The van der Waals surface area contributed by atoms with E-state index in [0.717, 1.165) is 29.2 Å². The Balaban J connectivity index is 2.44. The van der Waals surface area contributed by atoms with Gasteiger partial charge in [0.2, 0.25) is 0 Å². The SMILES string of the molecule is C=CCn1c(CC)nc(-c2ccc(N(C)C)cc2)c1N. The van der Waals surface area contributed by atoms with Crippen molar-refractivity contribution >= 4 is 11.5 Å². The molecule has 0 atom stereocenters. The summed E-state index contributed by atoms with van der Waals surface area (Å²) in [5.74, 6) is 1.70. The van der Waals surface area contributed by atoms with E-state index in [2.05, 4.69) is 47.7 Å². The number of anilines is 2. The summed E-state index contributed by atoms with van der Waals surface area (Å²) in [6.07, 6.45) is 2.70. The Kier molecular flexibility index (Phi) is 4.13. The van der Waals surface area contributed by atoms with Gasteiger partial charge in [-0.05, 0) is 12.1 Å². The predicted molar refractivity (Wildman–Crippen MR) is 86.0 cm³/mol. The van der Waals surface area contributed by atoms with Crippen LogP contribution in [0.3, 0.4) is 0 Å². The molecule has 0 aliphatic carbocycles. The first kappa shape index (κ1) is 14.2. The lowest BCUT2D eigenvalue weighted by Crippen LogP contribution is -2.08. The summed E-state index contributed by atoms with van der Waals surface area (Å²) >= 11 is 0. The molecule has 4 heteroatoms. The highest BCUT2D eigenvalue weighted by molar-refractivity contribution is 5.72. The quantitative estimate of drug-likeness (QED) is 0.850. The van der Waals surface area contributed by atoms with E-state index in [9.17, 15) is 0 Å². The van der Waals surface area contributed by atoms with Crippen LogP contribution in [0.5, 0.6) is 0 Å². The van der Waals surface area contributed by atoms with Gasteiger partial charge in [0.1, 0.15) is 17.3 Å². The monoisotopic (exact) mass is 270 g/mol. The molecule has 2 aromatic rings. The van der Waals surface area contributed by atoms with Crippen LogP contribution in [0.4, 0.5) is 11.5 Å². The number of rotatable bonds is 5. The smallest absolute Gasteiger partial charge is 0.132 e. The first-order valence-electron chi connectivity index (χ1n) is 6.82. The number of aryl methyl sites for hydroxylation is 1. The van der Waals surface area contributed by atoms with Gasteiger partial charge in [-0.1, -0.05) is 25.1 Å². The van der Waals surface area contributed by atoms with Crippen LogP contribution in [0.25, 0.3) is 11.3 Å². The molecule has 0 aliphatic heterocycles. The summed E-state index contributed by atoms with van der Waals surface area (Å²) < 4.78 is 2.02. The Morgan fingerprint density at radius 1 is 1.30 bits per heavy atom. The molecular weight excluding hydrogens is 248 g/mol. The second-order valence-electron chi connectivity index (χ2n) is 4.96. The Morgan fingerprint density at radius 3 is 2.45 bits per heavy atom. The van der Waals surface area contributed by atoms with Crippen LogP contribution in [-0.4, -0.2) is 23.6 Å². The fraction of sp³-hybridized carbons (Fsp3) is 0.312. The molecule has 0 fully saturated rings. The number of imidazole rings is 1. The summed E-state index contributed by atoms with van der Waals surface area (Å²) in [4.78, 5) is 6.74. The average Bonchev–Trinajstić information content (AvgIpc) is 2.76. The maximum absolute atomic E-state index is 6.24. The van der Waals surface area contributed by atoms with Crippen LogP contribution in [0.1, 0.15) is 12.7 Å². The van der Waals surface area contributed by atoms with Gasteiger partial charge in [0, 0.05) is 38.3 Å². The molecule has 0 saturated carbocycles. The fourth-order valence-electron chi connectivity index (χ4n) is 2.25. The van der Waals surface area contributed by atoms with Gasteiger partial charge in [-0.3, -0.25) is 0 Å². The molecule has 0 saturated heterocycles. The molecule has 2 N–H and O–H groups in total. The van der Waals surface area contributed by atoms with Crippen molar-refractivity contribution in [1.82, 2.24) is 9.55 Å². The molecular formula is C16H22N4. The predicted octanol–water partition coefficient (Wildman–Crippen LogP) is 2.95. The summed E-state index contributed by atoms with van der Waals surface area (Å²) in [6.45, 7) is 6.55. The first-order chi connectivity index (χ1) is 9.58. The number of hydrogen-bond acceptors (Lipinski definition) is 3. The topological polar surface area (TPSA) is 47.1 Å². The molecule has 0 bridgehead atoms. The minimum Gasteiger partial charge on any atom is -0.383 e. The highest BCUT2D eigenvalue weighted by atomic mass is 15.1. The van der Waals surface area contributed by atoms with Gasteiger partial charge in [-0.2, -0.15) is 0 Å². The summed E-state index contributed by atoms with van der Waals surface area (Å²) in [5.41, 5.74) is 9.30. The van der Waals surface area contributed by atoms with Gasteiger partial charge < -0.3 is 15.2 Å². The standard InChI is InChI=1S/C16H22N4/c1-5-11-20-14(6-2)18-15(16(20)17)12-7-9-13(10-8-12)19(3)4/h5,7-10H,1,6,11,17H2,2-4H3. The minimum atomic E-state index is 0.692. The lowest BCUT2D eigenvalue weighted by atomic mass is 10.1. The van der Waals surface area contributed by atoms with Gasteiger partial charge in [0.25, 0.3) is 0 Å². The van der Waals surface area contributed by atoms with Gasteiger partial charge in [0.15, 0.2) is 0 Å². The van der Waals surface area contributed by atoms with Crippen molar-refractivity contribution in [3.05, 3.63) is 42.7 Å². The molecule has 4 nitrogen and oxygen atoms in total. The number of nitrogen functional groups attached to an aromatic ring is 1. The van der Waals surface area contributed by atoms with Gasteiger partial charge in [-0.15, -0.1) is 6.58 Å². The number of aromatic nitrogens is 2. The van der Waals surface area contributed by atoms with Crippen LogP contribution < -0.4 is 10.6 Å². The summed E-state index contributed by atoms with van der Waals surface area (Å²) in [7, 11) is 4.05. The molecule has 1 aromatic heterocycles.